The molecule has 216 valence electrons. The van der Waals surface area contributed by atoms with Crippen molar-refractivity contribution in [3.05, 3.63) is 98.7 Å². The van der Waals surface area contributed by atoms with Crippen LogP contribution >= 0.6 is 0 Å². The Morgan fingerprint density at radius 2 is 1.74 bits per heavy atom. The van der Waals surface area contributed by atoms with E-state index >= 15 is 0 Å². The number of carbonyl (C=O) groups excluding carboxylic acids is 2. The van der Waals surface area contributed by atoms with Crippen molar-refractivity contribution in [1.82, 2.24) is 9.78 Å². The van der Waals surface area contributed by atoms with Gasteiger partial charge < -0.3 is 11.1 Å². The molecule has 0 saturated carbocycles. The first-order valence-corrected chi connectivity index (χ1v) is 14.1. The van der Waals surface area contributed by atoms with Gasteiger partial charge in [-0.2, -0.15) is 18.3 Å². The van der Waals surface area contributed by atoms with Gasteiger partial charge in [0, 0.05) is 29.1 Å². The summed E-state index contributed by atoms with van der Waals surface area (Å²) < 4.78 is 64.5. The third-order valence-corrected chi connectivity index (χ3v) is 7.89. The highest BCUT2D eigenvalue weighted by atomic mass is 32.2. The fourth-order valence-electron chi connectivity index (χ4n) is 4.78. The molecule has 42 heavy (non-hydrogen) atoms. The topological polar surface area (TPSA) is 167 Å². The Morgan fingerprint density at radius 1 is 1.05 bits per heavy atom. The number of halogens is 3. The zero-order chi connectivity index (χ0) is 30.6. The number of aryl methyl sites for hydroxylation is 1. The standard InChI is InChI=1S/C27H20F3N5O6S/c1-42(40,41)18-8-6-17(7-9-18)34-24-20(23(33-34)25(31)36)10-3-14-2-5-16(13-21(14)24)32-26(37)19-11-4-15(27(28,29)30)12-22(19)35(38)39/h2,4-9,11-13H,3,10H2,1H3,(H2,31,36)(H,32,37). The van der Waals surface area contributed by atoms with Crippen molar-refractivity contribution in [2.75, 3.05) is 11.6 Å². The van der Waals surface area contributed by atoms with Crippen LogP contribution in [0.15, 0.2) is 65.6 Å². The van der Waals surface area contributed by atoms with E-state index in [1.54, 1.807) is 12.1 Å². The van der Waals surface area contributed by atoms with E-state index in [0.717, 1.165) is 17.9 Å². The maximum Gasteiger partial charge on any atom is 0.416 e. The van der Waals surface area contributed by atoms with Crippen molar-refractivity contribution in [1.29, 1.82) is 0 Å². The molecule has 1 heterocycles. The van der Waals surface area contributed by atoms with Crippen LogP contribution in [0.4, 0.5) is 24.5 Å². The summed E-state index contributed by atoms with van der Waals surface area (Å²) in [5.41, 5.74) is 5.70. The molecule has 1 aliphatic carbocycles. The molecule has 15 heteroatoms. The normalized spacial score (nSPS) is 12.8. The van der Waals surface area contributed by atoms with E-state index in [1.165, 1.54) is 35.0 Å². The van der Waals surface area contributed by atoms with E-state index < -0.39 is 49.6 Å². The number of amides is 2. The summed E-state index contributed by atoms with van der Waals surface area (Å²) in [5.74, 6) is -1.78. The third kappa shape index (κ3) is 5.21. The van der Waals surface area contributed by atoms with Crippen LogP contribution in [-0.2, 0) is 28.9 Å². The Bertz CT molecular complexity index is 1900. The van der Waals surface area contributed by atoms with Gasteiger partial charge in [0.15, 0.2) is 15.5 Å². The molecule has 0 bridgehead atoms. The van der Waals surface area contributed by atoms with E-state index in [4.69, 9.17) is 5.73 Å². The van der Waals surface area contributed by atoms with Gasteiger partial charge in [-0.05, 0) is 66.9 Å². The Hall–Kier alpha value is -5.05. The number of nitrogens with two attached hydrogens (primary N) is 1. The van der Waals surface area contributed by atoms with Crippen LogP contribution in [0, 0.1) is 10.1 Å². The Kier molecular flexibility index (Phi) is 6.85. The number of carbonyl (C=O) groups is 2. The van der Waals surface area contributed by atoms with Crippen LogP contribution in [0.2, 0.25) is 0 Å². The van der Waals surface area contributed by atoms with Crippen LogP contribution in [0.1, 0.15) is 37.5 Å². The minimum Gasteiger partial charge on any atom is -0.364 e. The number of hydrogen-bond acceptors (Lipinski definition) is 7. The monoisotopic (exact) mass is 599 g/mol. The van der Waals surface area contributed by atoms with Crippen LogP contribution in [-0.4, -0.2) is 41.2 Å². The van der Waals surface area contributed by atoms with E-state index in [0.29, 0.717) is 47.5 Å². The molecule has 0 aliphatic heterocycles. The molecule has 4 aromatic rings. The first-order chi connectivity index (χ1) is 19.6. The summed E-state index contributed by atoms with van der Waals surface area (Å²) in [7, 11) is -3.48. The second-order valence-electron chi connectivity index (χ2n) is 9.53. The number of rotatable bonds is 6. The van der Waals surface area contributed by atoms with E-state index in [-0.39, 0.29) is 16.3 Å². The minimum atomic E-state index is -4.84. The zero-order valence-corrected chi connectivity index (χ0v) is 22.4. The highest BCUT2D eigenvalue weighted by Crippen LogP contribution is 2.39. The average molecular weight is 600 g/mol. The number of anilines is 1. The number of fused-ring (bicyclic) bond motifs is 3. The molecule has 0 saturated heterocycles. The number of nitrogens with zero attached hydrogens (tertiary/aromatic N) is 3. The molecular formula is C27H20F3N5O6S. The van der Waals surface area contributed by atoms with Crippen molar-refractivity contribution in [3.8, 4) is 16.9 Å². The van der Waals surface area contributed by atoms with Gasteiger partial charge in [0.05, 0.1) is 26.8 Å². The number of nitrogens with one attached hydrogen (secondary N) is 1. The minimum absolute atomic E-state index is 0.0117. The number of nitro benzene ring substituents is 1. The number of primary amides is 1. The summed E-state index contributed by atoms with van der Waals surface area (Å²) in [6.07, 6.45) is -2.88. The number of alkyl halides is 3. The first kappa shape index (κ1) is 28.5. The quantitative estimate of drug-likeness (QED) is 0.246. The summed E-state index contributed by atoms with van der Waals surface area (Å²) in [4.78, 5) is 35.7. The third-order valence-electron chi connectivity index (χ3n) is 6.76. The lowest BCUT2D eigenvalue weighted by Crippen LogP contribution is -2.16. The van der Waals surface area contributed by atoms with Crippen LogP contribution < -0.4 is 11.1 Å². The molecule has 0 atom stereocenters. The summed E-state index contributed by atoms with van der Waals surface area (Å²) in [5, 5.41) is 18.4. The average Bonchev–Trinajstić information content (AvgIpc) is 3.32. The largest absolute Gasteiger partial charge is 0.416 e. The predicted molar refractivity (Wildman–Crippen MR) is 144 cm³/mol. The zero-order valence-electron chi connectivity index (χ0n) is 21.6. The van der Waals surface area contributed by atoms with Crippen LogP contribution in [0.5, 0.6) is 0 Å². The summed E-state index contributed by atoms with van der Waals surface area (Å²) in [6, 6.07) is 12.2. The second kappa shape index (κ2) is 10.1. The molecule has 0 fully saturated rings. The van der Waals surface area contributed by atoms with Crippen LogP contribution in [0.25, 0.3) is 16.9 Å². The fraction of sp³-hybridized carbons (Fsp3) is 0.148. The lowest BCUT2D eigenvalue weighted by molar-refractivity contribution is -0.385. The molecule has 1 aliphatic rings. The van der Waals surface area contributed by atoms with Gasteiger partial charge in [0.25, 0.3) is 17.5 Å². The molecular weight excluding hydrogens is 579 g/mol. The molecule has 5 rings (SSSR count). The van der Waals surface area contributed by atoms with Crippen molar-refractivity contribution in [3.63, 3.8) is 0 Å². The lowest BCUT2D eigenvalue weighted by Gasteiger charge is -2.20. The van der Waals surface area contributed by atoms with Gasteiger partial charge >= 0.3 is 6.18 Å². The predicted octanol–water partition coefficient (Wildman–Crippen LogP) is 4.32. The highest BCUT2D eigenvalue weighted by Gasteiger charge is 2.34. The molecule has 0 unspecified atom stereocenters. The van der Waals surface area contributed by atoms with Gasteiger partial charge in [-0.25, -0.2) is 13.1 Å². The highest BCUT2D eigenvalue weighted by molar-refractivity contribution is 7.90. The molecule has 3 N–H and O–H groups in total. The van der Waals surface area contributed by atoms with Gasteiger partial charge in [-0.3, -0.25) is 19.7 Å². The number of aromatic nitrogens is 2. The van der Waals surface area contributed by atoms with E-state index in [9.17, 15) is 41.3 Å². The number of sulfone groups is 1. The molecule has 2 amide bonds. The summed E-state index contributed by atoms with van der Waals surface area (Å²) in [6.45, 7) is 0. The Labute approximate surface area is 235 Å². The molecule has 3 aromatic carbocycles. The van der Waals surface area contributed by atoms with Crippen LogP contribution in [0.3, 0.4) is 0 Å². The Morgan fingerprint density at radius 3 is 2.33 bits per heavy atom. The lowest BCUT2D eigenvalue weighted by atomic mass is 9.88. The number of nitro groups is 1. The molecule has 11 nitrogen and oxygen atoms in total. The molecule has 0 spiro atoms. The molecule has 0 radical (unpaired) electrons. The van der Waals surface area contributed by atoms with Crippen molar-refractivity contribution >= 4 is 33.0 Å². The second-order valence-corrected chi connectivity index (χ2v) is 11.5. The smallest absolute Gasteiger partial charge is 0.364 e. The fourth-order valence-corrected chi connectivity index (χ4v) is 5.42. The SMILES string of the molecule is CS(=O)(=O)c1ccc(-n2nc(C(N)=O)c3c2-c2cc(NC(=O)c4ccc(C(F)(F)F)cc4[N+](=O)[O-])ccc2CC3)cc1. The maximum atomic E-state index is 13.1. The maximum absolute atomic E-state index is 13.1. The van der Waals surface area contributed by atoms with Gasteiger partial charge in [-0.1, -0.05) is 6.07 Å². The van der Waals surface area contributed by atoms with Gasteiger partial charge in [0.2, 0.25) is 0 Å². The van der Waals surface area contributed by atoms with Crippen molar-refractivity contribution < 1.29 is 36.1 Å². The molecule has 1 aromatic heterocycles. The van der Waals surface area contributed by atoms with Gasteiger partial charge in [-0.15, -0.1) is 0 Å². The Balaban J connectivity index is 1.57. The number of benzene rings is 3. The van der Waals surface area contributed by atoms with Crippen molar-refractivity contribution in [2.45, 2.75) is 23.9 Å². The van der Waals surface area contributed by atoms with Gasteiger partial charge in [0.1, 0.15) is 5.56 Å². The number of hydrogen-bond donors (Lipinski definition) is 2. The van der Waals surface area contributed by atoms with Crippen molar-refractivity contribution in [2.24, 2.45) is 5.73 Å². The first-order valence-electron chi connectivity index (χ1n) is 12.2. The van der Waals surface area contributed by atoms with E-state index in [2.05, 4.69) is 10.4 Å². The summed E-state index contributed by atoms with van der Waals surface area (Å²) >= 11 is 0. The van der Waals surface area contributed by atoms with E-state index in [1.807, 2.05) is 0 Å².